The maximum atomic E-state index is 2.31. The molecule has 2 aromatic carbocycles. The Morgan fingerprint density at radius 1 is 0.867 bits per heavy atom. The first-order valence-corrected chi connectivity index (χ1v) is 6.65. The van der Waals surface area contributed by atoms with Crippen LogP contribution in [0.1, 0.15) is 5.56 Å². The van der Waals surface area contributed by atoms with Crippen LogP contribution < -0.4 is 5.30 Å². The fraction of sp³-hybridized carbons (Fsp3) is 0.143. The van der Waals surface area contributed by atoms with Gasteiger partial charge in [0.25, 0.3) is 0 Å². The van der Waals surface area contributed by atoms with E-state index < -0.39 is 0 Å². The van der Waals surface area contributed by atoms with E-state index in [1.807, 2.05) is 0 Å². The van der Waals surface area contributed by atoms with E-state index in [-0.39, 0.29) is 0 Å². The summed E-state index contributed by atoms with van der Waals surface area (Å²) in [7, 11) is 0.870. The van der Waals surface area contributed by atoms with E-state index in [1.165, 1.54) is 22.0 Å². The third kappa shape index (κ3) is 2.27. The summed E-state index contributed by atoms with van der Waals surface area (Å²) >= 11 is 0. The Bertz CT molecular complexity index is 446. The van der Waals surface area contributed by atoms with Gasteiger partial charge in [0.1, 0.15) is 0 Å². The monoisotopic (exact) mass is 214 g/mol. The molecule has 1 atom stereocenters. The molecular formula is C14H15P. The quantitative estimate of drug-likeness (QED) is 0.670. The minimum absolute atomic E-state index is 0.870. The largest absolute Gasteiger partial charge is 0.0933 e. The van der Waals surface area contributed by atoms with Crippen LogP contribution in [0.25, 0.3) is 11.1 Å². The number of benzene rings is 2. The van der Waals surface area contributed by atoms with Gasteiger partial charge in [-0.2, -0.15) is 0 Å². The Kier molecular flexibility index (Phi) is 3.18. The van der Waals surface area contributed by atoms with Crippen LogP contribution in [0, 0.1) is 6.92 Å². The topological polar surface area (TPSA) is 0 Å². The van der Waals surface area contributed by atoms with Crippen molar-refractivity contribution in [3.8, 4) is 11.1 Å². The molecule has 1 heteroatoms. The Morgan fingerprint density at radius 3 is 2.27 bits per heavy atom. The number of hydrogen-bond donors (Lipinski definition) is 0. The highest BCUT2D eigenvalue weighted by molar-refractivity contribution is 7.46. The average Bonchev–Trinajstić information content (AvgIpc) is 2.31. The van der Waals surface area contributed by atoms with Crippen molar-refractivity contribution in [1.82, 2.24) is 0 Å². The highest BCUT2D eigenvalue weighted by atomic mass is 31.1. The molecule has 76 valence electrons. The van der Waals surface area contributed by atoms with Crippen molar-refractivity contribution >= 4 is 13.9 Å². The fourth-order valence-corrected chi connectivity index (χ4v) is 2.48. The van der Waals surface area contributed by atoms with Crippen molar-refractivity contribution < 1.29 is 0 Å². The lowest BCUT2D eigenvalue weighted by Crippen LogP contribution is -1.99. The van der Waals surface area contributed by atoms with Crippen molar-refractivity contribution in [2.24, 2.45) is 0 Å². The van der Waals surface area contributed by atoms with E-state index in [1.54, 1.807) is 0 Å². The molecule has 0 bridgehead atoms. The van der Waals surface area contributed by atoms with Crippen molar-refractivity contribution in [3.63, 3.8) is 0 Å². The Labute approximate surface area is 93.1 Å². The summed E-state index contributed by atoms with van der Waals surface area (Å²) < 4.78 is 0. The van der Waals surface area contributed by atoms with Gasteiger partial charge >= 0.3 is 0 Å². The van der Waals surface area contributed by atoms with Gasteiger partial charge in [0.15, 0.2) is 0 Å². The second kappa shape index (κ2) is 4.59. The minimum Gasteiger partial charge on any atom is -0.0933 e. The third-order valence-corrected chi connectivity index (χ3v) is 3.69. The van der Waals surface area contributed by atoms with Gasteiger partial charge in [-0.15, -0.1) is 0 Å². The van der Waals surface area contributed by atoms with Crippen LogP contribution in [0.2, 0.25) is 0 Å². The lowest BCUT2D eigenvalue weighted by molar-refractivity contribution is 1.51. The van der Waals surface area contributed by atoms with Crippen LogP contribution >= 0.6 is 8.58 Å². The van der Waals surface area contributed by atoms with Gasteiger partial charge in [-0.1, -0.05) is 51.0 Å². The van der Waals surface area contributed by atoms with Crippen molar-refractivity contribution in [2.45, 2.75) is 6.92 Å². The predicted octanol–water partition coefficient (Wildman–Crippen LogP) is 3.60. The number of rotatable bonds is 2. The van der Waals surface area contributed by atoms with Crippen molar-refractivity contribution in [1.29, 1.82) is 0 Å². The van der Waals surface area contributed by atoms with E-state index in [4.69, 9.17) is 0 Å². The highest BCUT2D eigenvalue weighted by Gasteiger charge is 2.00. The SMILES string of the molecule is CPc1cc(-c2ccccc2)ccc1C. The number of aryl methyl sites for hydroxylation is 1. The van der Waals surface area contributed by atoms with Gasteiger partial charge in [0.05, 0.1) is 0 Å². The molecule has 2 aromatic rings. The molecule has 0 saturated heterocycles. The molecule has 0 aliphatic heterocycles. The van der Waals surface area contributed by atoms with E-state index in [9.17, 15) is 0 Å². The summed E-state index contributed by atoms with van der Waals surface area (Å²) in [6.07, 6.45) is 0. The smallest absolute Gasteiger partial charge is 0.0178 e. The maximum Gasteiger partial charge on any atom is -0.0178 e. The summed E-state index contributed by atoms with van der Waals surface area (Å²) in [5.41, 5.74) is 4.03. The minimum atomic E-state index is 0.870. The summed E-state index contributed by atoms with van der Waals surface area (Å²) in [5, 5.41) is 1.47. The van der Waals surface area contributed by atoms with Crippen LogP contribution in [-0.2, 0) is 0 Å². The van der Waals surface area contributed by atoms with Gasteiger partial charge < -0.3 is 0 Å². The predicted molar refractivity (Wildman–Crippen MR) is 70.5 cm³/mol. The summed E-state index contributed by atoms with van der Waals surface area (Å²) in [4.78, 5) is 0. The second-order valence-corrected chi connectivity index (χ2v) is 4.68. The molecule has 0 fully saturated rings. The van der Waals surface area contributed by atoms with Gasteiger partial charge in [-0.25, -0.2) is 0 Å². The average molecular weight is 214 g/mol. The first kappa shape index (κ1) is 10.4. The first-order valence-electron chi connectivity index (χ1n) is 5.15. The zero-order valence-electron chi connectivity index (χ0n) is 9.12. The normalized spacial score (nSPS) is 11.1. The van der Waals surface area contributed by atoms with E-state index >= 15 is 0 Å². The molecule has 0 spiro atoms. The lowest BCUT2D eigenvalue weighted by Gasteiger charge is -2.07. The fourth-order valence-electron chi connectivity index (χ4n) is 1.70. The summed E-state index contributed by atoms with van der Waals surface area (Å²) in [6.45, 7) is 4.41. The second-order valence-electron chi connectivity index (χ2n) is 3.65. The molecule has 0 amide bonds. The molecule has 15 heavy (non-hydrogen) atoms. The van der Waals surface area contributed by atoms with E-state index in [0.717, 1.165) is 8.58 Å². The molecular weight excluding hydrogens is 199 g/mol. The third-order valence-electron chi connectivity index (χ3n) is 2.61. The first-order chi connectivity index (χ1) is 7.31. The zero-order chi connectivity index (χ0) is 10.7. The Balaban J connectivity index is 2.46. The van der Waals surface area contributed by atoms with Crippen LogP contribution in [0.4, 0.5) is 0 Å². The molecule has 0 N–H and O–H groups in total. The standard InChI is InChI=1S/C14H15P/c1-11-8-9-13(10-14(11)15-2)12-6-4-3-5-7-12/h3-10,15H,1-2H3. The number of hydrogen-bond acceptors (Lipinski definition) is 0. The maximum absolute atomic E-state index is 2.31. The van der Waals surface area contributed by atoms with E-state index in [2.05, 4.69) is 62.1 Å². The van der Waals surface area contributed by atoms with Gasteiger partial charge in [-0.05, 0) is 41.6 Å². The van der Waals surface area contributed by atoms with Gasteiger partial charge in [0, 0.05) is 0 Å². The molecule has 0 saturated carbocycles. The molecule has 0 radical (unpaired) electrons. The molecule has 0 aliphatic carbocycles. The summed E-state index contributed by atoms with van der Waals surface area (Å²) in [6, 6.07) is 17.3. The Hall–Kier alpha value is -1.13. The van der Waals surface area contributed by atoms with E-state index in [0.29, 0.717) is 0 Å². The van der Waals surface area contributed by atoms with Crippen molar-refractivity contribution in [3.05, 3.63) is 54.1 Å². The Morgan fingerprint density at radius 2 is 1.60 bits per heavy atom. The summed E-state index contributed by atoms with van der Waals surface area (Å²) in [5.74, 6) is 0. The molecule has 0 aliphatic rings. The molecule has 0 aromatic heterocycles. The molecule has 2 rings (SSSR count). The molecule has 0 heterocycles. The van der Waals surface area contributed by atoms with Gasteiger partial charge in [-0.3, -0.25) is 0 Å². The van der Waals surface area contributed by atoms with Crippen LogP contribution in [0.3, 0.4) is 0 Å². The molecule has 1 unspecified atom stereocenters. The van der Waals surface area contributed by atoms with Crippen LogP contribution in [0.15, 0.2) is 48.5 Å². The van der Waals surface area contributed by atoms with Crippen molar-refractivity contribution in [2.75, 3.05) is 6.66 Å². The highest BCUT2D eigenvalue weighted by Crippen LogP contribution is 2.20. The van der Waals surface area contributed by atoms with Crippen LogP contribution in [-0.4, -0.2) is 6.66 Å². The van der Waals surface area contributed by atoms with Gasteiger partial charge in [0.2, 0.25) is 0 Å². The van der Waals surface area contributed by atoms with Crippen LogP contribution in [0.5, 0.6) is 0 Å². The zero-order valence-corrected chi connectivity index (χ0v) is 10.1. The lowest BCUT2D eigenvalue weighted by atomic mass is 10.0. The molecule has 0 nitrogen and oxygen atoms in total.